The van der Waals surface area contributed by atoms with Crippen LogP contribution in [0.15, 0.2) is 4.52 Å². The predicted molar refractivity (Wildman–Crippen MR) is 70.2 cm³/mol. The molecule has 2 unspecified atom stereocenters. The third-order valence-corrected chi connectivity index (χ3v) is 3.59. The second-order valence-electron chi connectivity index (χ2n) is 5.24. The Hall–Kier alpha value is -0.940. The standard InChI is InChI=1S/C13H24N4O/c1-4-5-6-12-15-13(18-16-12)9-17-10(2)7-14-8-11(17)3/h10-11,14H,4-9H2,1-3H3. The molecule has 2 rings (SSSR count). The Morgan fingerprint density at radius 3 is 2.72 bits per heavy atom. The first-order chi connectivity index (χ1) is 8.70. The van der Waals surface area contributed by atoms with Crippen LogP contribution in [0.3, 0.4) is 0 Å². The van der Waals surface area contributed by atoms with Crippen molar-refractivity contribution < 1.29 is 4.52 Å². The second-order valence-corrected chi connectivity index (χ2v) is 5.24. The zero-order valence-electron chi connectivity index (χ0n) is 11.6. The molecule has 5 heteroatoms. The van der Waals surface area contributed by atoms with Gasteiger partial charge >= 0.3 is 0 Å². The van der Waals surface area contributed by atoms with E-state index in [0.29, 0.717) is 12.1 Å². The van der Waals surface area contributed by atoms with Gasteiger partial charge in [-0.25, -0.2) is 0 Å². The molecule has 0 bridgehead atoms. The third kappa shape index (κ3) is 3.29. The van der Waals surface area contributed by atoms with Crippen LogP contribution in [0.1, 0.15) is 45.3 Å². The van der Waals surface area contributed by atoms with Gasteiger partial charge in [0.15, 0.2) is 5.82 Å². The van der Waals surface area contributed by atoms with Crippen molar-refractivity contribution in [2.75, 3.05) is 13.1 Å². The zero-order chi connectivity index (χ0) is 13.0. The number of hydrogen-bond acceptors (Lipinski definition) is 5. The number of nitrogens with zero attached hydrogens (tertiary/aromatic N) is 3. The van der Waals surface area contributed by atoms with Gasteiger partial charge in [-0.3, -0.25) is 4.90 Å². The lowest BCUT2D eigenvalue weighted by Crippen LogP contribution is -2.54. The van der Waals surface area contributed by atoms with Crippen molar-refractivity contribution in [3.8, 4) is 0 Å². The molecule has 2 atom stereocenters. The maximum atomic E-state index is 5.34. The summed E-state index contributed by atoms with van der Waals surface area (Å²) in [6, 6.07) is 1.03. The maximum absolute atomic E-state index is 5.34. The minimum absolute atomic E-state index is 0.514. The number of piperazine rings is 1. The molecule has 1 fully saturated rings. The Labute approximate surface area is 109 Å². The number of rotatable bonds is 5. The molecular weight excluding hydrogens is 228 g/mol. The van der Waals surface area contributed by atoms with Gasteiger partial charge in [-0.1, -0.05) is 18.5 Å². The topological polar surface area (TPSA) is 54.2 Å². The van der Waals surface area contributed by atoms with Crippen molar-refractivity contribution in [3.63, 3.8) is 0 Å². The Balaban J connectivity index is 1.93. The molecule has 0 spiro atoms. The Morgan fingerprint density at radius 1 is 1.33 bits per heavy atom. The normalized spacial score (nSPS) is 25.5. The summed E-state index contributed by atoms with van der Waals surface area (Å²) >= 11 is 0. The Morgan fingerprint density at radius 2 is 2.06 bits per heavy atom. The van der Waals surface area contributed by atoms with Crippen molar-refractivity contribution in [3.05, 3.63) is 11.7 Å². The Kier molecular flexibility index (Phi) is 4.72. The lowest BCUT2D eigenvalue weighted by molar-refractivity contribution is 0.0947. The summed E-state index contributed by atoms with van der Waals surface area (Å²) in [6.45, 7) is 9.46. The van der Waals surface area contributed by atoms with E-state index in [-0.39, 0.29) is 0 Å². The van der Waals surface area contributed by atoms with Crippen LogP contribution in [0.2, 0.25) is 0 Å². The maximum Gasteiger partial charge on any atom is 0.240 e. The van der Waals surface area contributed by atoms with E-state index in [9.17, 15) is 0 Å². The third-order valence-electron chi connectivity index (χ3n) is 3.59. The summed E-state index contributed by atoms with van der Waals surface area (Å²) in [5, 5.41) is 7.47. The minimum Gasteiger partial charge on any atom is -0.338 e. The number of aromatic nitrogens is 2. The monoisotopic (exact) mass is 252 g/mol. The van der Waals surface area contributed by atoms with E-state index in [4.69, 9.17) is 4.52 Å². The van der Waals surface area contributed by atoms with Gasteiger partial charge in [0.1, 0.15) is 0 Å². The molecule has 1 saturated heterocycles. The van der Waals surface area contributed by atoms with Crippen LogP contribution < -0.4 is 5.32 Å². The fourth-order valence-electron chi connectivity index (χ4n) is 2.43. The first kappa shape index (κ1) is 13.5. The van der Waals surface area contributed by atoms with Gasteiger partial charge in [-0.2, -0.15) is 4.98 Å². The molecule has 102 valence electrons. The molecule has 1 N–H and O–H groups in total. The summed E-state index contributed by atoms with van der Waals surface area (Å²) in [4.78, 5) is 6.90. The molecule has 0 radical (unpaired) electrons. The van der Waals surface area contributed by atoms with Crippen LogP contribution in [-0.2, 0) is 13.0 Å². The highest BCUT2D eigenvalue weighted by molar-refractivity contribution is 4.90. The summed E-state index contributed by atoms with van der Waals surface area (Å²) < 4.78 is 5.34. The zero-order valence-corrected chi connectivity index (χ0v) is 11.6. The van der Waals surface area contributed by atoms with Crippen LogP contribution >= 0.6 is 0 Å². The molecule has 0 aromatic carbocycles. The summed E-state index contributed by atoms with van der Waals surface area (Å²) in [6.07, 6.45) is 3.21. The van der Waals surface area contributed by atoms with Gasteiger partial charge in [0.2, 0.25) is 5.89 Å². The van der Waals surface area contributed by atoms with Crippen LogP contribution in [0.4, 0.5) is 0 Å². The molecule has 18 heavy (non-hydrogen) atoms. The van der Waals surface area contributed by atoms with Crippen LogP contribution in [-0.4, -0.2) is 40.2 Å². The SMILES string of the molecule is CCCCc1noc(CN2C(C)CNCC2C)n1. The first-order valence-electron chi connectivity index (χ1n) is 6.98. The van der Waals surface area contributed by atoms with E-state index in [1.54, 1.807) is 0 Å². The van der Waals surface area contributed by atoms with E-state index in [1.165, 1.54) is 0 Å². The van der Waals surface area contributed by atoms with Crippen molar-refractivity contribution in [1.29, 1.82) is 0 Å². The second kappa shape index (κ2) is 6.29. The fraction of sp³-hybridized carbons (Fsp3) is 0.846. The van der Waals surface area contributed by atoms with Gasteiger partial charge in [0.05, 0.1) is 6.54 Å². The van der Waals surface area contributed by atoms with E-state index >= 15 is 0 Å². The predicted octanol–water partition coefficient (Wildman–Crippen LogP) is 1.59. The van der Waals surface area contributed by atoms with Gasteiger partial charge in [-0.15, -0.1) is 0 Å². The lowest BCUT2D eigenvalue weighted by atomic mass is 10.1. The molecule has 1 aliphatic rings. The van der Waals surface area contributed by atoms with Crippen molar-refractivity contribution in [2.45, 2.75) is 58.7 Å². The van der Waals surface area contributed by atoms with Crippen molar-refractivity contribution in [2.24, 2.45) is 0 Å². The summed E-state index contributed by atoms with van der Waals surface area (Å²) in [7, 11) is 0. The van der Waals surface area contributed by atoms with Gasteiger partial charge in [0.25, 0.3) is 0 Å². The largest absolute Gasteiger partial charge is 0.338 e. The summed E-state index contributed by atoms with van der Waals surface area (Å²) in [5.41, 5.74) is 0. The van der Waals surface area contributed by atoms with E-state index in [1.807, 2.05) is 0 Å². The van der Waals surface area contributed by atoms with Gasteiger partial charge in [0, 0.05) is 31.6 Å². The number of hydrogen-bond donors (Lipinski definition) is 1. The average Bonchev–Trinajstić information content (AvgIpc) is 2.79. The van der Waals surface area contributed by atoms with E-state index < -0.39 is 0 Å². The minimum atomic E-state index is 0.514. The van der Waals surface area contributed by atoms with E-state index in [2.05, 4.69) is 41.1 Å². The van der Waals surface area contributed by atoms with Crippen LogP contribution in [0.25, 0.3) is 0 Å². The first-order valence-corrected chi connectivity index (χ1v) is 6.98. The number of aryl methyl sites for hydroxylation is 1. The number of unbranched alkanes of at least 4 members (excludes halogenated alkanes) is 1. The lowest BCUT2D eigenvalue weighted by Gasteiger charge is -2.38. The summed E-state index contributed by atoms with van der Waals surface area (Å²) in [5.74, 6) is 1.60. The average molecular weight is 252 g/mol. The van der Waals surface area contributed by atoms with E-state index in [0.717, 1.165) is 50.6 Å². The van der Waals surface area contributed by atoms with Crippen LogP contribution in [0.5, 0.6) is 0 Å². The number of nitrogens with one attached hydrogen (secondary N) is 1. The molecule has 5 nitrogen and oxygen atoms in total. The molecule has 2 heterocycles. The smallest absolute Gasteiger partial charge is 0.240 e. The highest BCUT2D eigenvalue weighted by Crippen LogP contribution is 2.14. The highest BCUT2D eigenvalue weighted by atomic mass is 16.5. The van der Waals surface area contributed by atoms with Gasteiger partial charge in [-0.05, 0) is 20.3 Å². The molecule has 0 saturated carbocycles. The molecular formula is C13H24N4O. The highest BCUT2D eigenvalue weighted by Gasteiger charge is 2.26. The molecule has 0 amide bonds. The van der Waals surface area contributed by atoms with Crippen molar-refractivity contribution in [1.82, 2.24) is 20.4 Å². The molecule has 0 aliphatic carbocycles. The molecule has 1 aliphatic heterocycles. The van der Waals surface area contributed by atoms with Crippen LogP contribution in [0, 0.1) is 0 Å². The molecule has 1 aromatic rings. The Bertz CT molecular complexity index is 356. The quantitative estimate of drug-likeness (QED) is 0.862. The molecule has 1 aromatic heterocycles. The van der Waals surface area contributed by atoms with Gasteiger partial charge < -0.3 is 9.84 Å². The fourth-order valence-corrected chi connectivity index (χ4v) is 2.43. The van der Waals surface area contributed by atoms with Crippen molar-refractivity contribution >= 4 is 0 Å².